The SMILES string of the molecule is COc1cc(-c2nc3ccccc3c(=O)[nH]2)cc(Br)c1OC(=O)c1cccs1. The molecule has 0 saturated carbocycles. The molecule has 0 fully saturated rings. The molecule has 2 aromatic carbocycles. The predicted octanol–water partition coefficient (Wildman–Crippen LogP) is 4.64. The third-order valence-electron chi connectivity index (χ3n) is 4.03. The summed E-state index contributed by atoms with van der Waals surface area (Å²) in [5.74, 6) is 0.510. The van der Waals surface area contributed by atoms with Gasteiger partial charge in [-0.3, -0.25) is 4.79 Å². The van der Waals surface area contributed by atoms with Gasteiger partial charge in [0.2, 0.25) is 0 Å². The summed E-state index contributed by atoms with van der Waals surface area (Å²) in [5.41, 5.74) is 0.968. The first kappa shape index (κ1) is 18.4. The largest absolute Gasteiger partial charge is 0.493 e. The minimum absolute atomic E-state index is 0.233. The lowest BCUT2D eigenvalue weighted by molar-refractivity contribution is 0.0733. The van der Waals surface area contributed by atoms with Crippen molar-refractivity contribution >= 4 is 44.1 Å². The van der Waals surface area contributed by atoms with Crippen molar-refractivity contribution in [3.8, 4) is 22.9 Å². The lowest BCUT2D eigenvalue weighted by Gasteiger charge is -2.13. The summed E-state index contributed by atoms with van der Waals surface area (Å²) in [5, 5.41) is 2.31. The number of carbonyl (C=O) groups is 1. The summed E-state index contributed by atoms with van der Waals surface area (Å²) in [7, 11) is 1.48. The van der Waals surface area contributed by atoms with Crippen molar-refractivity contribution in [3.63, 3.8) is 0 Å². The molecule has 0 aliphatic heterocycles. The van der Waals surface area contributed by atoms with E-state index in [4.69, 9.17) is 9.47 Å². The molecule has 0 radical (unpaired) electrons. The second-order valence-electron chi connectivity index (χ2n) is 5.79. The van der Waals surface area contributed by atoms with Gasteiger partial charge in [0.25, 0.3) is 5.56 Å². The molecule has 140 valence electrons. The number of hydrogen-bond donors (Lipinski definition) is 1. The van der Waals surface area contributed by atoms with E-state index in [0.717, 1.165) is 0 Å². The lowest BCUT2D eigenvalue weighted by atomic mass is 10.1. The molecular formula is C20H13BrN2O4S. The number of methoxy groups -OCH3 is 1. The highest BCUT2D eigenvalue weighted by molar-refractivity contribution is 9.10. The Labute approximate surface area is 171 Å². The topological polar surface area (TPSA) is 81.3 Å². The zero-order valence-electron chi connectivity index (χ0n) is 14.6. The van der Waals surface area contributed by atoms with E-state index in [2.05, 4.69) is 25.9 Å². The number of thiophene rings is 1. The highest BCUT2D eigenvalue weighted by atomic mass is 79.9. The summed E-state index contributed by atoms with van der Waals surface area (Å²) in [6.07, 6.45) is 0. The maximum Gasteiger partial charge on any atom is 0.353 e. The molecular weight excluding hydrogens is 444 g/mol. The van der Waals surface area contributed by atoms with Gasteiger partial charge < -0.3 is 14.5 Å². The Hall–Kier alpha value is -2.97. The van der Waals surface area contributed by atoms with E-state index in [9.17, 15) is 9.59 Å². The molecule has 0 spiro atoms. The number of halogens is 1. The molecule has 28 heavy (non-hydrogen) atoms. The molecule has 8 heteroatoms. The fraction of sp³-hybridized carbons (Fsp3) is 0.0500. The maximum absolute atomic E-state index is 12.3. The number of benzene rings is 2. The van der Waals surface area contributed by atoms with E-state index in [0.29, 0.717) is 37.4 Å². The minimum atomic E-state index is -0.473. The smallest absolute Gasteiger partial charge is 0.353 e. The number of aromatic nitrogens is 2. The number of nitrogens with zero attached hydrogens (tertiary/aromatic N) is 1. The van der Waals surface area contributed by atoms with Crippen LogP contribution in [0.15, 0.2) is 63.2 Å². The van der Waals surface area contributed by atoms with Crippen LogP contribution in [0.2, 0.25) is 0 Å². The first-order chi connectivity index (χ1) is 13.6. The molecule has 0 aliphatic carbocycles. The number of fused-ring (bicyclic) bond motifs is 1. The van der Waals surface area contributed by atoms with Gasteiger partial charge in [-0.25, -0.2) is 9.78 Å². The van der Waals surface area contributed by atoms with Crippen LogP contribution in [0.5, 0.6) is 11.5 Å². The van der Waals surface area contributed by atoms with Crippen LogP contribution >= 0.6 is 27.3 Å². The van der Waals surface area contributed by atoms with E-state index in [1.165, 1.54) is 18.4 Å². The van der Waals surface area contributed by atoms with E-state index in [1.807, 2.05) is 6.07 Å². The van der Waals surface area contributed by atoms with Crippen molar-refractivity contribution < 1.29 is 14.3 Å². The van der Waals surface area contributed by atoms with Crippen LogP contribution in [0.25, 0.3) is 22.3 Å². The molecule has 0 bridgehead atoms. The monoisotopic (exact) mass is 456 g/mol. The van der Waals surface area contributed by atoms with Crippen molar-refractivity contribution in [1.82, 2.24) is 9.97 Å². The van der Waals surface area contributed by atoms with Crippen LogP contribution in [0, 0.1) is 0 Å². The molecule has 4 aromatic rings. The van der Waals surface area contributed by atoms with Crippen LogP contribution in [0.3, 0.4) is 0 Å². The highest BCUT2D eigenvalue weighted by Crippen LogP contribution is 2.39. The Bertz CT molecular complexity index is 1230. The van der Waals surface area contributed by atoms with Gasteiger partial charge in [0.15, 0.2) is 11.5 Å². The standard InChI is InChI=1S/C20H13BrN2O4S/c1-26-15-10-11(18-22-14-6-3-2-5-12(14)19(24)23-18)9-13(21)17(15)27-20(25)16-7-4-8-28-16/h2-10H,1H3,(H,22,23,24). The Balaban J connectivity index is 1.77. The lowest BCUT2D eigenvalue weighted by Crippen LogP contribution is -2.10. The number of H-pyrrole nitrogens is 1. The van der Waals surface area contributed by atoms with Gasteiger partial charge >= 0.3 is 5.97 Å². The van der Waals surface area contributed by atoms with Crippen molar-refractivity contribution in [1.29, 1.82) is 0 Å². The van der Waals surface area contributed by atoms with E-state index in [-0.39, 0.29) is 11.3 Å². The Morgan fingerprint density at radius 2 is 2.00 bits per heavy atom. The number of rotatable bonds is 4. The molecule has 6 nitrogen and oxygen atoms in total. The molecule has 1 N–H and O–H groups in total. The molecule has 2 aromatic heterocycles. The molecule has 0 amide bonds. The number of nitrogens with one attached hydrogen (secondary N) is 1. The fourth-order valence-corrected chi connectivity index (χ4v) is 3.84. The molecule has 0 saturated heterocycles. The molecule has 2 heterocycles. The van der Waals surface area contributed by atoms with Crippen molar-refractivity contribution in [3.05, 3.63) is 73.6 Å². The van der Waals surface area contributed by atoms with Crippen molar-refractivity contribution in [2.24, 2.45) is 0 Å². The Kier molecular flexibility index (Phi) is 4.97. The third-order valence-corrected chi connectivity index (χ3v) is 5.47. The van der Waals surface area contributed by atoms with Crippen LogP contribution in [0.4, 0.5) is 0 Å². The van der Waals surface area contributed by atoms with Gasteiger partial charge in [0.05, 0.1) is 22.5 Å². The first-order valence-corrected chi connectivity index (χ1v) is 9.86. The van der Waals surface area contributed by atoms with Crippen LogP contribution in [-0.2, 0) is 0 Å². The fourth-order valence-electron chi connectivity index (χ4n) is 2.72. The number of carbonyl (C=O) groups excluding carboxylic acids is 1. The van der Waals surface area contributed by atoms with Gasteiger partial charge in [-0.05, 0) is 51.6 Å². The molecule has 0 unspecified atom stereocenters. The zero-order valence-corrected chi connectivity index (χ0v) is 17.0. The average molecular weight is 457 g/mol. The molecule has 0 atom stereocenters. The second-order valence-corrected chi connectivity index (χ2v) is 7.59. The number of hydrogen-bond acceptors (Lipinski definition) is 6. The Morgan fingerprint density at radius 1 is 1.18 bits per heavy atom. The van der Waals surface area contributed by atoms with Gasteiger partial charge in [0.1, 0.15) is 10.7 Å². The summed E-state index contributed by atoms with van der Waals surface area (Å²) < 4.78 is 11.4. The normalized spacial score (nSPS) is 10.8. The molecule has 4 rings (SSSR count). The quantitative estimate of drug-likeness (QED) is 0.357. The van der Waals surface area contributed by atoms with E-state index >= 15 is 0 Å². The van der Waals surface area contributed by atoms with Gasteiger partial charge in [0, 0.05) is 5.56 Å². The van der Waals surface area contributed by atoms with Crippen molar-refractivity contribution in [2.45, 2.75) is 0 Å². The second kappa shape index (κ2) is 7.57. The maximum atomic E-state index is 12.3. The third kappa shape index (κ3) is 3.44. The summed E-state index contributed by atoms with van der Waals surface area (Å²) in [6, 6.07) is 13.9. The van der Waals surface area contributed by atoms with Crippen LogP contribution in [0.1, 0.15) is 9.67 Å². The number of para-hydroxylation sites is 1. The highest BCUT2D eigenvalue weighted by Gasteiger charge is 2.19. The predicted molar refractivity (Wildman–Crippen MR) is 111 cm³/mol. The van der Waals surface area contributed by atoms with Gasteiger partial charge in [-0.15, -0.1) is 11.3 Å². The van der Waals surface area contributed by atoms with Crippen molar-refractivity contribution in [2.75, 3.05) is 7.11 Å². The zero-order chi connectivity index (χ0) is 19.7. The van der Waals surface area contributed by atoms with Crippen LogP contribution in [-0.4, -0.2) is 23.0 Å². The van der Waals surface area contributed by atoms with E-state index in [1.54, 1.807) is 47.8 Å². The minimum Gasteiger partial charge on any atom is -0.493 e. The number of aromatic amines is 1. The Morgan fingerprint density at radius 3 is 2.75 bits per heavy atom. The van der Waals surface area contributed by atoms with Gasteiger partial charge in [-0.2, -0.15) is 0 Å². The number of ether oxygens (including phenoxy) is 2. The summed E-state index contributed by atoms with van der Waals surface area (Å²) in [6.45, 7) is 0. The summed E-state index contributed by atoms with van der Waals surface area (Å²) in [4.78, 5) is 32.4. The van der Waals surface area contributed by atoms with Crippen LogP contribution < -0.4 is 15.0 Å². The summed E-state index contributed by atoms with van der Waals surface area (Å²) >= 11 is 4.71. The molecule has 0 aliphatic rings. The van der Waals surface area contributed by atoms with E-state index < -0.39 is 5.97 Å². The average Bonchev–Trinajstić information content (AvgIpc) is 3.24. The first-order valence-electron chi connectivity index (χ1n) is 8.19. The van der Waals surface area contributed by atoms with Gasteiger partial charge in [-0.1, -0.05) is 18.2 Å². The number of esters is 1.